The molecule has 0 bridgehead atoms. The fraction of sp³-hybridized carbons (Fsp3) is 0.957. The zero-order valence-electron chi connectivity index (χ0n) is 20.1. The van der Waals surface area contributed by atoms with Crippen LogP contribution in [0, 0.1) is 11.8 Å². The Bertz CT molecular complexity index is 560. The van der Waals surface area contributed by atoms with Crippen LogP contribution in [0.4, 0.5) is 0 Å². The van der Waals surface area contributed by atoms with Crippen molar-refractivity contribution in [3.05, 3.63) is 0 Å². The molecule has 1 aliphatic carbocycles. The molecule has 0 aromatic heterocycles. The van der Waals surface area contributed by atoms with Gasteiger partial charge < -0.3 is 24.9 Å². The number of carbonyl (C=O) groups excluding carboxylic acids is 1. The fourth-order valence-electron chi connectivity index (χ4n) is 3.82. The van der Waals surface area contributed by atoms with Crippen molar-refractivity contribution in [3.8, 4) is 0 Å². The predicted octanol–water partition coefficient (Wildman–Crippen LogP) is 3.71. The number of aliphatic hydroxyl groups is 3. The highest BCUT2D eigenvalue weighted by Gasteiger charge is 2.35. The first kappa shape index (κ1) is 30.5. The molecule has 0 aromatic rings. The number of phosphoric ester groups is 1. The lowest BCUT2D eigenvalue weighted by molar-refractivity contribution is -0.147. The largest absolute Gasteiger partial charge is 0.472 e. The fourth-order valence-corrected chi connectivity index (χ4v) is 4.61. The van der Waals surface area contributed by atoms with E-state index in [1.165, 1.54) is 57.8 Å². The molecule has 0 aromatic carbocycles. The monoisotopic (exact) mass is 496 g/mol. The molecule has 9 nitrogen and oxygen atoms in total. The summed E-state index contributed by atoms with van der Waals surface area (Å²) in [7, 11) is -4.48. The Morgan fingerprint density at radius 2 is 1.42 bits per heavy atom. The van der Waals surface area contributed by atoms with Crippen molar-refractivity contribution in [2.75, 3.05) is 26.4 Å². The highest BCUT2D eigenvalue weighted by atomic mass is 31.2. The summed E-state index contributed by atoms with van der Waals surface area (Å²) in [6.45, 7) is 0.113. The minimum atomic E-state index is -4.48. The van der Waals surface area contributed by atoms with Gasteiger partial charge in [0.05, 0.1) is 19.8 Å². The van der Waals surface area contributed by atoms with Gasteiger partial charge in [0.25, 0.3) is 0 Å². The van der Waals surface area contributed by atoms with Crippen molar-refractivity contribution in [3.63, 3.8) is 0 Å². The molecule has 5 atom stereocenters. The van der Waals surface area contributed by atoms with E-state index in [9.17, 15) is 19.4 Å². The molecule has 10 heteroatoms. The van der Waals surface area contributed by atoms with Crippen LogP contribution in [-0.4, -0.2) is 64.8 Å². The number of hydrogen-bond acceptors (Lipinski definition) is 8. The first-order valence-corrected chi connectivity index (χ1v) is 14.0. The van der Waals surface area contributed by atoms with Crippen LogP contribution in [0.3, 0.4) is 0 Å². The average molecular weight is 497 g/mol. The maximum Gasteiger partial charge on any atom is 0.472 e. The second-order valence-electron chi connectivity index (χ2n) is 9.14. The van der Waals surface area contributed by atoms with E-state index in [0.717, 1.165) is 31.1 Å². The number of aliphatic hydroxyl groups excluding tert-OH is 3. The van der Waals surface area contributed by atoms with Crippen LogP contribution in [0.1, 0.15) is 90.4 Å². The van der Waals surface area contributed by atoms with E-state index < -0.39 is 45.8 Å². The van der Waals surface area contributed by atoms with Gasteiger partial charge >= 0.3 is 13.8 Å². The molecular formula is C23H45O9P. The van der Waals surface area contributed by atoms with E-state index in [-0.39, 0.29) is 13.0 Å². The molecule has 0 spiro atoms. The number of esters is 1. The SMILES string of the molecule is CCCCCCC1CC1CCCCCCCC(=O)OC[C@@H](O)COP(=O)(O)OCC(O)CO. The van der Waals surface area contributed by atoms with Crippen molar-refractivity contribution in [1.29, 1.82) is 0 Å². The third-order valence-corrected chi connectivity index (χ3v) is 6.91. The second kappa shape index (κ2) is 17.8. The number of unbranched alkanes of at least 4 members (excludes halogenated alkanes) is 7. The summed E-state index contributed by atoms with van der Waals surface area (Å²) < 4.78 is 25.5. The molecule has 1 rings (SSSR count). The van der Waals surface area contributed by atoms with E-state index in [1.807, 2.05) is 0 Å². The Morgan fingerprint density at radius 1 is 0.879 bits per heavy atom. The number of carbonyl (C=O) groups is 1. The van der Waals surface area contributed by atoms with Gasteiger partial charge in [-0.2, -0.15) is 0 Å². The molecule has 196 valence electrons. The van der Waals surface area contributed by atoms with Gasteiger partial charge in [-0.25, -0.2) is 4.57 Å². The molecule has 1 aliphatic rings. The molecule has 0 heterocycles. The van der Waals surface area contributed by atoms with Gasteiger partial charge in [-0.1, -0.05) is 71.1 Å². The van der Waals surface area contributed by atoms with Crippen LogP contribution < -0.4 is 0 Å². The Hall–Kier alpha value is -0.540. The zero-order chi connectivity index (χ0) is 24.5. The normalized spacial score (nSPS) is 21.4. The minimum absolute atomic E-state index is 0.274. The van der Waals surface area contributed by atoms with Gasteiger partial charge in [-0.3, -0.25) is 13.8 Å². The first-order chi connectivity index (χ1) is 15.8. The second-order valence-corrected chi connectivity index (χ2v) is 10.6. The summed E-state index contributed by atoms with van der Waals surface area (Å²) >= 11 is 0. The molecule has 0 saturated heterocycles. The summed E-state index contributed by atoms with van der Waals surface area (Å²) in [5.41, 5.74) is 0. The maximum atomic E-state index is 11.8. The molecule has 0 radical (unpaired) electrons. The smallest absolute Gasteiger partial charge is 0.463 e. The van der Waals surface area contributed by atoms with E-state index in [4.69, 9.17) is 14.9 Å². The summed E-state index contributed by atoms with van der Waals surface area (Å²) in [5.74, 6) is 1.51. The van der Waals surface area contributed by atoms with Crippen molar-refractivity contribution in [2.45, 2.75) is 103 Å². The molecule has 4 unspecified atom stereocenters. The highest BCUT2D eigenvalue weighted by molar-refractivity contribution is 7.47. The summed E-state index contributed by atoms with van der Waals surface area (Å²) in [5, 5.41) is 27.4. The molecular weight excluding hydrogens is 451 g/mol. The lowest BCUT2D eigenvalue weighted by Crippen LogP contribution is -2.24. The van der Waals surface area contributed by atoms with Crippen molar-refractivity contribution in [2.24, 2.45) is 11.8 Å². The van der Waals surface area contributed by atoms with Gasteiger partial charge in [0.2, 0.25) is 0 Å². The number of hydrogen-bond donors (Lipinski definition) is 4. The van der Waals surface area contributed by atoms with Gasteiger partial charge in [0.1, 0.15) is 18.8 Å². The molecule has 0 amide bonds. The zero-order valence-corrected chi connectivity index (χ0v) is 21.0. The van der Waals surface area contributed by atoms with Crippen LogP contribution in [0.15, 0.2) is 0 Å². The van der Waals surface area contributed by atoms with E-state index in [1.54, 1.807) is 0 Å². The predicted molar refractivity (Wildman–Crippen MR) is 124 cm³/mol. The van der Waals surface area contributed by atoms with Crippen LogP contribution in [0.25, 0.3) is 0 Å². The minimum Gasteiger partial charge on any atom is -0.463 e. The van der Waals surface area contributed by atoms with Crippen LogP contribution in [0.2, 0.25) is 0 Å². The lowest BCUT2D eigenvalue weighted by Gasteiger charge is -2.16. The summed E-state index contributed by atoms with van der Waals surface area (Å²) in [4.78, 5) is 21.1. The summed E-state index contributed by atoms with van der Waals surface area (Å²) in [6.07, 6.45) is 12.6. The molecule has 1 fully saturated rings. The summed E-state index contributed by atoms with van der Waals surface area (Å²) in [6, 6.07) is 0. The van der Waals surface area contributed by atoms with E-state index >= 15 is 0 Å². The van der Waals surface area contributed by atoms with Gasteiger partial charge in [-0.05, 0) is 24.7 Å². The third kappa shape index (κ3) is 16.7. The van der Waals surface area contributed by atoms with Gasteiger partial charge in [-0.15, -0.1) is 0 Å². The van der Waals surface area contributed by atoms with Crippen LogP contribution in [0.5, 0.6) is 0 Å². The number of phosphoric acid groups is 1. The lowest BCUT2D eigenvalue weighted by atomic mass is 10.0. The number of rotatable bonds is 22. The molecule has 1 saturated carbocycles. The Labute approximate surface area is 198 Å². The highest BCUT2D eigenvalue weighted by Crippen LogP contribution is 2.46. The topological polar surface area (TPSA) is 143 Å². The standard InChI is InChI=1S/C23H45O9P/c1-2-3-4-8-11-19-14-20(19)12-9-6-5-7-10-13-23(27)30-16-22(26)18-32-33(28,29)31-17-21(25)15-24/h19-22,24-26H,2-18H2,1H3,(H,28,29)/t19?,20?,21?,22-/m1/s1. The van der Waals surface area contributed by atoms with Gasteiger partial charge in [0.15, 0.2) is 0 Å². The maximum absolute atomic E-state index is 11.8. The number of ether oxygens (including phenoxy) is 1. The van der Waals surface area contributed by atoms with Crippen LogP contribution in [-0.2, 0) is 23.1 Å². The molecule has 0 aliphatic heterocycles. The molecule has 33 heavy (non-hydrogen) atoms. The van der Waals surface area contributed by atoms with Crippen molar-refractivity contribution in [1.82, 2.24) is 0 Å². The van der Waals surface area contributed by atoms with E-state index in [0.29, 0.717) is 0 Å². The molecule has 4 N–H and O–H groups in total. The first-order valence-electron chi connectivity index (χ1n) is 12.5. The average Bonchev–Trinajstić information content (AvgIpc) is 3.55. The third-order valence-electron chi connectivity index (χ3n) is 5.96. The quantitative estimate of drug-likeness (QED) is 0.100. The van der Waals surface area contributed by atoms with Crippen molar-refractivity contribution < 1.29 is 43.4 Å². The van der Waals surface area contributed by atoms with Crippen LogP contribution >= 0.6 is 7.82 Å². The Kier molecular flexibility index (Phi) is 16.5. The Morgan fingerprint density at radius 3 is 2.03 bits per heavy atom. The van der Waals surface area contributed by atoms with Gasteiger partial charge in [0, 0.05) is 6.42 Å². The van der Waals surface area contributed by atoms with E-state index in [2.05, 4.69) is 16.0 Å². The van der Waals surface area contributed by atoms with Crippen molar-refractivity contribution >= 4 is 13.8 Å². The Balaban J connectivity index is 1.93.